The molecule has 3 aromatic rings. The number of hydrogen-bond acceptors (Lipinski definition) is 6. The Balaban J connectivity index is 1.47. The van der Waals surface area contributed by atoms with Gasteiger partial charge in [-0.3, -0.25) is 9.88 Å². The molecule has 7 nitrogen and oxygen atoms in total. The molecule has 1 atom stereocenters. The van der Waals surface area contributed by atoms with Crippen molar-refractivity contribution in [2.75, 3.05) is 26.7 Å². The van der Waals surface area contributed by atoms with Crippen molar-refractivity contribution in [2.24, 2.45) is 7.05 Å². The van der Waals surface area contributed by atoms with Gasteiger partial charge in [0.2, 0.25) is 0 Å². The topological polar surface area (TPSA) is 64.4 Å². The van der Waals surface area contributed by atoms with E-state index in [1.165, 1.54) is 5.56 Å². The highest BCUT2D eigenvalue weighted by Crippen LogP contribution is 2.31. The van der Waals surface area contributed by atoms with Crippen LogP contribution < -0.4 is 14.8 Å². The van der Waals surface area contributed by atoms with Crippen molar-refractivity contribution >= 4 is 0 Å². The third kappa shape index (κ3) is 4.58. The van der Waals surface area contributed by atoms with Crippen molar-refractivity contribution in [3.63, 3.8) is 0 Å². The van der Waals surface area contributed by atoms with Crippen molar-refractivity contribution in [1.82, 2.24) is 24.8 Å². The Kier molecular flexibility index (Phi) is 6.07. The third-order valence-electron chi connectivity index (χ3n) is 5.27. The lowest BCUT2D eigenvalue weighted by Crippen LogP contribution is -2.46. The Morgan fingerprint density at radius 2 is 1.97 bits per heavy atom. The fourth-order valence-electron chi connectivity index (χ4n) is 3.69. The number of piperazine rings is 1. The fraction of sp³-hybridized carbons (Fsp3) is 0.364. The van der Waals surface area contributed by atoms with Gasteiger partial charge in [-0.25, -0.2) is 4.98 Å². The molecular formula is C22H27N5O2. The molecule has 2 aromatic heterocycles. The minimum Gasteiger partial charge on any atom is -0.493 e. The second kappa shape index (κ2) is 9.07. The molecule has 7 heteroatoms. The van der Waals surface area contributed by atoms with E-state index in [1.54, 1.807) is 19.5 Å². The molecule has 1 aromatic carbocycles. The Hall–Kier alpha value is -2.90. The SMILES string of the molecule is COc1cc(CN2CCNCC2c2nccn2C)ccc1OCc1ccncc1. The maximum absolute atomic E-state index is 5.97. The van der Waals surface area contributed by atoms with Gasteiger partial charge in [0, 0.05) is 58.0 Å². The monoisotopic (exact) mass is 393 g/mol. The Morgan fingerprint density at radius 3 is 2.72 bits per heavy atom. The minimum absolute atomic E-state index is 0.248. The lowest BCUT2D eigenvalue weighted by atomic mass is 10.1. The highest BCUT2D eigenvalue weighted by Gasteiger charge is 2.26. The molecule has 1 unspecified atom stereocenters. The maximum atomic E-state index is 5.97. The largest absolute Gasteiger partial charge is 0.493 e. The first-order valence-electron chi connectivity index (χ1n) is 9.85. The zero-order valence-corrected chi connectivity index (χ0v) is 16.9. The molecule has 1 saturated heterocycles. The zero-order chi connectivity index (χ0) is 20.1. The molecule has 4 rings (SSSR count). The third-order valence-corrected chi connectivity index (χ3v) is 5.27. The van der Waals surface area contributed by atoms with Crippen LogP contribution in [0, 0.1) is 0 Å². The lowest BCUT2D eigenvalue weighted by Gasteiger charge is -2.35. The second-order valence-corrected chi connectivity index (χ2v) is 7.22. The molecule has 0 spiro atoms. The molecule has 152 valence electrons. The molecule has 1 aliphatic heterocycles. The van der Waals surface area contributed by atoms with E-state index in [0.717, 1.165) is 49.1 Å². The van der Waals surface area contributed by atoms with Crippen LogP contribution >= 0.6 is 0 Å². The van der Waals surface area contributed by atoms with Crippen LogP contribution in [0.5, 0.6) is 11.5 Å². The average Bonchev–Trinajstić information content (AvgIpc) is 3.19. The summed E-state index contributed by atoms with van der Waals surface area (Å²) in [7, 11) is 3.73. The molecule has 0 amide bonds. The van der Waals surface area contributed by atoms with E-state index in [0.29, 0.717) is 6.61 Å². The summed E-state index contributed by atoms with van der Waals surface area (Å²) < 4.78 is 13.7. The Morgan fingerprint density at radius 1 is 1.10 bits per heavy atom. The molecule has 3 heterocycles. The number of aromatic nitrogens is 3. The normalized spacial score (nSPS) is 17.2. The highest BCUT2D eigenvalue weighted by molar-refractivity contribution is 5.43. The van der Waals surface area contributed by atoms with E-state index in [-0.39, 0.29) is 6.04 Å². The van der Waals surface area contributed by atoms with Crippen LogP contribution in [0.25, 0.3) is 0 Å². The van der Waals surface area contributed by atoms with Crippen molar-refractivity contribution in [1.29, 1.82) is 0 Å². The highest BCUT2D eigenvalue weighted by atomic mass is 16.5. The predicted octanol–water partition coefficient (Wildman–Crippen LogP) is 2.55. The number of aryl methyl sites for hydroxylation is 1. The first kappa shape index (κ1) is 19.4. The van der Waals surface area contributed by atoms with Gasteiger partial charge in [0.05, 0.1) is 13.2 Å². The van der Waals surface area contributed by atoms with Crippen molar-refractivity contribution in [3.8, 4) is 11.5 Å². The number of pyridine rings is 1. The van der Waals surface area contributed by atoms with Gasteiger partial charge < -0.3 is 19.4 Å². The summed E-state index contributed by atoms with van der Waals surface area (Å²) in [6, 6.07) is 10.3. The number of hydrogen-bond donors (Lipinski definition) is 1. The van der Waals surface area contributed by atoms with Crippen LogP contribution in [-0.2, 0) is 20.2 Å². The number of nitrogens with one attached hydrogen (secondary N) is 1. The standard InChI is InChI=1S/C22H27N5O2/c1-26-11-10-25-22(26)19-14-24-9-12-27(19)15-18-3-4-20(21(13-18)28-2)29-16-17-5-7-23-8-6-17/h3-8,10-11,13,19,24H,9,12,14-16H2,1-2H3. The van der Waals surface area contributed by atoms with E-state index in [1.807, 2.05) is 37.6 Å². The summed E-state index contributed by atoms with van der Waals surface area (Å²) in [5.41, 5.74) is 2.27. The van der Waals surface area contributed by atoms with Crippen molar-refractivity contribution in [2.45, 2.75) is 19.2 Å². The Labute approximate surface area is 171 Å². The predicted molar refractivity (Wildman–Crippen MR) is 111 cm³/mol. The number of ether oxygens (including phenoxy) is 2. The van der Waals surface area contributed by atoms with Gasteiger partial charge in [-0.15, -0.1) is 0 Å². The van der Waals surface area contributed by atoms with E-state index in [9.17, 15) is 0 Å². The number of methoxy groups -OCH3 is 1. The van der Waals surface area contributed by atoms with E-state index < -0.39 is 0 Å². The van der Waals surface area contributed by atoms with Crippen molar-refractivity contribution in [3.05, 3.63) is 72.1 Å². The van der Waals surface area contributed by atoms with Crippen LogP contribution in [-0.4, -0.2) is 46.2 Å². The fourth-order valence-corrected chi connectivity index (χ4v) is 3.69. The number of nitrogens with zero attached hydrogens (tertiary/aromatic N) is 4. The Bertz CT molecular complexity index is 928. The summed E-state index contributed by atoms with van der Waals surface area (Å²) >= 11 is 0. The molecule has 0 bridgehead atoms. The van der Waals surface area contributed by atoms with Gasteiger partial charge in [-0.2, -0.15) is 0 Å². The zero-order valence-electron chi connectivity index (χ0n) is 16.9. The molecule has 0 saturated carbocycles. The maximum Gasteiger partial charge on any atom is 0.161 e. The summed E-state index contributed by atoms with van der Waals surface area (Å²) in [4.78, 5) is 11.1. The molecule has 0 aliphatic carbocycles. The van der Waals surface area contributed by atoms with E-state index in [2.05, 4.69) is 36.9 Å². The van der Waals surface area contributed by atoms with Gasteiger partial charge in [-0.05, 0) is 35.4 Å². The van der Waals surface area contributed by atoms with E-state index >= 15 is 0 Å². The quantitative estimate of drug-likeness (QED) is 0.666. The summed E-state index contributed by atoms with van der Waals surface area (Å²) in [5.74, 6) is 2.58. The summed E-state index contributed by atoms with van der Waals surface area (Å²) in [5, 5.41) is 3.49. The van der Waals surface area contributed by atoms with Crippen molar-refractivity contribution < 1.29 is 9.47 Å². The van der Waals surface area contributed by atoms with Crippen LogP contribution in [0.1, 0.15) is 23.0 Å². The summed E-state index contributed by atoms with van der Waals surface area (Å²) in [6.45, 7) is 4.16. The molecule has 1 fully saturated rings. The number of benzene rings is 1. The van der Waals surface area contributed by atoms with Crippen LogP contribution in [0.4, 0.5) is 0 Å². The van der Waals surface area contributed by atoms with Gasteiger partial charge >= 0.3 is 0 Å². The summed E-state index contributed by atoms with van der Waals surface area (Å²) in [6.07, 6.45) is 7.40. The van der Waals surface area contributed by atoms with Gasteiger partial charge in [0.25, 0.3) is 0 Å². The minimum atomic E-state index is 0.248. The molecule has 29 heavy (non-hydrogen) atoms. The molecule has 1 aliphatic rings. The lowest BCUT2D eigenvalue weighted by molar-refractivity contribution is 0.144. The van der Waals surface area contributed by atoms with Crippen LogP contribution in [0.15, 0.2) is 55.1 Å². The number of imidazole rings is 1. The first-order valence-corrected chi connectivity index (χ1v) is 9.85. The van der Waals surface area contributed by atoms with Gasteiger partial charge in [0.1, 0.15) is 12.4 Å². The molecule has 0 radical (unpaired) electrons. The first-order chi connectivity index (χ1) is 14.2. The average molecular weight is 393 g/mol. The molecule has 1 N–H and O–H groups in total. The van der Waals surface area contributed by atoms with Gasteiger partial charge in [0.15, 0.2) is 11.5 Å². The van der Waals surface area contributed by atoms with E-state index in [4.69, 9.17) is 9.47 Å². The van der Waals surface area contributed by atoms with Crippen LogP contribution in [0.2, 0.25) is 0 Å². The second-order valence-electron chi connectivity index (χ2n) is 7.22. The van der Waals surface area contributed by atoms with Gasteiger partial charge in [-0.1, -0.05) is 6.07 Å². The van der Waals surface area contributed by atoms with Crippen LogP contribution in [0.3, 0.4) is 0 Å². The number of rotatable bonds is 7. The molecular weight excluding hydrogens is 366 g/mol. The smallest absolute Gasteiger partial charge is 0.161 e.